The number of nitrogens with one attached hydrogen (secondary N) is 2. The number of nitrogens with zero attached hydrogens (tertiary/aromatic N) is 1. The number of hydrogen-bond acceptors (Lipinski definition) is 4. The summed E-state index contributed by atoms with van der Waals surface area (Å²) in [5.41, 5.74) is 2.35. The first-order chi connectivity index (χ1) is 13.4. The van der Waals surface area contributed by atoms with E-state index in [9.17, 15) is 19.5 Å². The van der Waals surface area contributed by atoms with Crippen molar-refractivity contribution in [3.05, 3.63) is 23.8 Å². The number of aliphatic hydroxyl groups excluding tert-OH is 1. The number of benzene rings is 1. The fourth-order valence-electron chi connectivity index (χ4n) is 3.51. The van der Waals surface area contributed by atoms with Crippen LogP contribution in [0, 0.1) is 11.8 Å². The Labute approximate surface area is 165 Å². The monoisotopic (exact) mass is 387 g/mol. The van der Waals surface area contributed by atoms with Gasteiger partial charge in [-0.2, -0.15) is 0 Å². The summed E-state index contributed by atoms with van der Waals surface area (Å²) in [6.07, 6.45) is 3.90. The zero-order valence-corrected chi connectivity index (χ0v) is 16.5. The summed E-state index contributed by atoms with van der Waals surface area (Å²) in [4.78, 5) is 38.4. The predicted octanol–water partition coefficient (Wildman–Crippen LogP) is 1.84. The van der Waals surface area contributed by atoms with E-state index in [1.807, 2.05) is 19.9 Å². The van der Waals surface area contributed by atoms with Crippen molar-refractivity contribution in [2.24, 2.45) is 11.8 Å². The molecule has 0 radical (unpaired) electrons. The molecule has 0 bridgehead atoms. The van der Waals surface area contributed by atoms with E-state index in [-0.39, 0.29) is 18.4 Å². The largest absolute Gasteiger partial charge is 0.393 e. The minimum atomic E-state index is -0.751. The lowest BCUT2D eigenvalue weighted by Crippen LogP contribution is -2.38. The summed E-state index contributed by atoms with van der Waals surface area (Å²) in [6, 6.07) is 5.41. The third-order valence-electron chi connectivity index (χ3n) is 5.32. The Balaban J connectivity index is 1.59. The van der Waals surface area contributed by atoms with Gasteiger partial charge in [-0.1, -0.05) is 19.9 Å². The predicted molar refractivity (Wildman–Crippen MR) is 107 cm³/mol. The van der Waals surface area contributed by atoms with Crippen molar-refractivity contribution in [2.45, 2.75) is 52.1 Å². The molecule has 0 unspecified atom stereocenters. The number of anilines is 2. The van der Waals surface area contributed by atoms with Crippen LogP contribution in [0.5, 0.6) is 0 Å². The fraction of sp³-hybridized carbons (Fsp3) is 0.571. The molecule has 1 saturated carbocycles. The minimum absolute atomic E-state index is 0.0522. The molecule has 3 rings (SSSR count). The quantitative estimate of drug-likeness (QED) is 0.649. The summed E-state index contributed by atoms with van der Waals surface area (Å²) in [7, 11) is 0. The van der Waals surface area contributed by atoms with Gasteiger partial charge in [0.2, 0.25) is 5.91 Å². The number of fused-ring (bicyclic) bond motifs is 1. The maximum absolute atomic E-state index is 12.5. The smallest absolute Gasteiger partial charge is 0.313 e. The summed E-state index contributed by atoms with van der Waals surface area (Å²) in [5.74, 6) is -1.19. The van der Waals surface area contributed by atoms with Crippen molar-refractivity contribution in [1.29, 1.82) is 0 Å². The number of carbonyl (C=O) groups excluding carboxylic acids is 3. The number of amides is 3. The number of hydrogen-bond donors (Lipinski definition) is 3. The fourth-order valence-corrected chi connectivity index (χ4v) is 3.51. The number of aryl methyl sites for hydroxylation is 1. The van der Waals surface area contributed by atoms with Crippen LogP contribution in [-0.4, -0.2) is 42.0 Å². The highest BCUT2D eigenvalue weighted by molar-refractivity contribution is 6.39. The lowest BCUT2D eigenvalue weighted by atomic mass is 9.99. The molecule has 7 heteroatoms. The van der Waals surface area contributed by atoms with Crippen LogP contribution in [0.1, 0.15) is 45.1 Å². The van der Waals surface area contributed by atoms with Gasteiger partial charge in [-0.15, -0.1) is 0 Å². The third-order valence-corrected chi connectivity index (χ3v) is 5.32. The van der Waals surface area contributed by atoms with E-state index < -0.39 is 17.9 Å². The van der Waals surface area contributed by atoms with Crippen molar-refractivity contribution in [3.63, 3.8) is 0 Å². The minimum Gasteiger partial charge on any atom is -0.393 e. The second-order valence-electron chi connectivity index (χ2n) is 8.00. The van der Waals surface area contributed by atoms with E-state index in [1.54, 1.807) is 17.0 Å². The van der Waals surface area contributed by atoms with Gasteiger partial charge in [0.15, 0.2) is 0 Å². The summed E-state index contributed by atoms with van der Waals surface area (Å²) < 4.78 is 0. The van der Waals surface area contributed by atoms with E-state index in [1.165, 1.54) is 0 Å². The molecule has 0 spiro atoms. The molecule has 0 aromatic heterocycles. The van der Waals surface area contributed by atoms with Gasteiger partial charge in [0.25, 0.3) is 0 Å². The van der Waals surface area contributed by atoms with Crippen LogP contribution in [-0.2, 0) is 20.8 Å². The SMILES string of the molecule is CC(C)C(=O)N1CCCc2ccc(NC(=O)C(=O)NCC[C@@H](O)C3CC3)cc21. The molecule has 1 aromatic carbocycles. The van der Waals surface area contributed by atoms with Crippen LogP contribution in [0.4, 0.5) is 11.4 Å². The van der Waals surface area contributed by atoms with Gasteiger partial charge in [-0.05, 0) is 55.7 Å². The first-order valence-electron chi connectivity index (χ1n) is 10.1. The molecule has 3 N–H and O–H groups in total. The zero-order valence-electron chi connectivity index (χ0n) is 16.5. The second-order valence-corrected chi connectivity index (χ2v) is 8.00. The topological polar surface area (TPSA) is 98.7 Å². The number of aliphatic hydroxyl groups is 1. The normalized spacial score (nSPS) is 17.1. The van der Waals surface area contributed by atoms with Crippen molar-refractivity contribution >= 4 is 29.1 Å². The molecule has 1 aliphatic carbocycles. The van der Waals surface area contributed by atoms with Crippen LogP contribution in [0.3, 0.4) is 0 Å². The Morgan fingerprint density at radius 1 is 1.21 bits per heavy atom. The van der Waals surface area contributed by atoms with Gasteiger partial charge in [0, 0.05) is 30.4 Å². The molecular formula is C21H29N3O4. The first kappa shape index (κ1) is 20.3. The molecule has 3 amide bonds. The Kier molecular flexibility index (Phi) is 6.34. The standard InChI is InChI=1S/C21H29N3O4/c1-13(2)21(28)24-11-3-4-14-7-8-16(12-17(14)24)23-20(27)19(26)22-10-9-18(25)15-5-6-15/h7-8,12-13,15,18,25H,3-6,9-11H2,1-2H3,(H,22,26)(H,23,27)/t18-/m1/s1. The summed E-state index contributed by atoms with van der Waals surface area (Å²) >= 11 is 0. The Hall–Kier alpha value is -2.41. The van der Waals surface area contributed by atoms with Crippen molar-refractivity contribution in [2.75, 3.05) is 23.3 Å². The average molecular weight is 387 g/mol. The highest BCUT2D eigenvalue weighted by atomic mass is 16.3. The lowest BCUT2D eigenvalue weighted by Gasteiger charge is -2.31. The van der Waals surface area contributed by atoms with E-state index >= 15 is 0 Å². The van der Waals surface area contributed by atoms with Crippen molar-refractivity contribution in [1.82, 2.24) is 5.32 Å². The molecule has 1 heterocycles. The highest BCUT2D eigenvalue weighted by Gasteiger charge is 2.29. The number of carbonyl (C=O) groups is 3. The molecule has 2 aliphatic rings. The Morgan fingerprint density at radius 2 is 1.96 bits per heavy atom. The Bertz CT molecular complexity index is 758. The lowest BCUT2D eigenvalue weighted by molar-refractivity contribution is -0.136. The van der Waals surface area contributed by atoms with Crippen molar-refractivity contribution < 1.29 is 19.5 Å². The molecule has 0 saturated heterocycles. The molecule has 7 nitrogen and oxygen atoms in total. The zero-order chi connectivity index (χ0) is 20.3. The van der Waals surface area contributed by atoms with E-state index in [2.05, 4.69) is 10.6 Å². The Morgan fingerprint density at radius 3 is 2.64 bits per heavy atom. The van der Waals surface area contributed by atoms with Crippen molar-refractivity contribution in [3.8, 4) is 0 Å². The summed E-state index contributed by atoms with van der Waals surface area (Å²) in [6.45, 7) is 4.66. The van der Waals surface area contributed by atoms with E-state index in [4.69, 9.17) is 0 Å². The van der Waals surface area contributed by atoms with Gasteiger partial charge in [0.1, 0.15) is 0 Å². The van der Waals surface area contributed by atoms with Crippen LogP contribution in [0.25, 0.3) is 0 Å². The molecular weight excluding hydrogens is 358 g/mol. The molecule has 1 atom stereocenters. The van der Waals surface area contributed by atoms with Crippen LogP contribution in [0.15, 0.2) is 18.2 Å². The maximum atomic E-state index is 12.5. The molecule has 1 aliphatic heterocycles. The highest BCUT2D eigenvalue weighted by Crippen LogP contribution is 2.33. The van der Waals surface area contributed by atoms with Gasteiger partial charge in [-0.3, -0.25) is 14.4 Å². The molecule has 1 fully saturated rings. The number of rotatable bonds is 6. The average Bonchev–Trinajstić information content (AvgIpc) is 3.52. The third kappa shape index (κ3) is 4.90. The van der Waals surface area contributed by atoms with Gasteiger partial charge in [-0.25, -0.2) is 0 Å². The second kappa shape index (κ2) is 8.73. The van der Waals surface area contributed by atoms with E-state index in [0.717, 1.165) is 36.9 Å². The van der Waals surface area contributed by atoms with E-state index in [0.29, 0.717) is 24.6 Å². The maximum Gasteiger partial charge on any atom is 0.313 e. The summed E-state index contributed by atoms with van der Waals surface area (Å²) in [5, 5.41) is 15.0. The van der Waals surface area contributed by atoms with Crippen LogP contribution >= 0.6 is 0 Å². The van der Waals surface area contributed by atoms with Gasteiger partial charge < -0.3 is 20.6 Å². The first-order valence-corrected chi connectivity index (χ1v) is 10.1. The molecule has 152 valence electrons. The van der Waals surface area contributed by atoms with Crippen LogP contribution in [0.2, 0.25) is 0 Å². The van der Waals surface area contributed by atoms with Gasteiger partial charge in [0.05, 0.1) is 6.10 Å². The van der Waals surface area contributed by atoms with Gasteiger partial charge >= 0.3 is 11.8 Å². The molecule has 28 heavy (non-hydrogen) atoms. The van der Waals surface area contributed by atoms with Crippen LogP contribution < -0.4 is 15.5 Å². The molecule has 1 aromatic rings.